The van der Waals surface area contributed by atoms with Gasteiger partial charge in [0.05, 0.1) is 3.57 Å². The van der Waals surface area contributed by atoms with Gasteiger partial charge in [0.2, 0.25) is 0 Å². The molecule has 0 aliphatic heterocycles. The highest BCUT2D eigenvalue weighted by atomic mass is 127. The normalized spacial score (nSPS) is 10.6. The van der Waals surface area contributed by atoms with Gasteiger partial charge in [-0.15, -0.1) is 0 Å². The van der Waals surface area contributed by atoms with E-state index in [1.807, 2.05) is 18.2 Å². The van der Waals surface area contributed by atoms with Gasteiger partial charge >= 0.3 is 5.97 Å². The van der Waals surface area contributed by atoms with Crippen LogP contribution in [0.15, 0.2) is 18.2 Å². The fraction of sp³-hybridized carbons (Fsp3) is 0.588. The zero-order valence-corrected chi connectivity index (χ0v) is 17.0. The highest BCUT2D eigenvalue weighted by molar-refractivity contribution is 14.1. The third-order valence-corrected chi connectivity index (χ3v) is 6.42. The number of rotatable bonds is 10. The lowest BCUT2D eigenvalue weighted by Gasteiger charge is -2.07. The summed E-state index contributed by atoms with van der Waals surface area (Å²) in [6, 6.07) is 5.79. The zero-order chi connectivity index (χ0) is 15.5. The summed E-state index contributed by atoms with van der Waals surface area (Å²) in [6.07, 6.45) is 10.4. The van der Waals surface area contributed by atoms with Crippen LogP contribution >= 0.6 is 45.2 Å². The fourth-order valence-electron chi connectivity index (χ4n) is 2.14. The van der Waals surface area contributed by atoms with Crippen LogP contribution in [0.5, 0.6) is 5.75 Å². The summed E-state index contributed by atoms with van der Waals surface area (Å²) in [7, 11) is 0. The Morgan fingerprint density at radius 3 is 2.29 bits per heavy atom. The molecule has 2 nitrogen and oxygen atoms in total. The van der Waals surface area contributed by atoms with Crippen LogP contribution in [-0.2, 0) is 4.79 Å². The number of halogens is 2. The molecular formula is C17H24I2O2. The van der Waals surface area contributed by atoms with E-state index in [1.165, 1.54) is 38.5 Å². The SMILES string of the molecule is CCCCCCCCCCC(=O)Oc1cccc(I)c1I. The first kappa shape index (κ1) is 19.2. The summed E-state index contributed by atoms with van der Waals surface area (Å²) < 4.78 is 7.56. The number of esters is 1. The lowest BCUT2D eigenvalue weighted by atomic mass is 10.1. The molecule has 0 bridgehead atoms. The molecule has 0 saturated heterocycles. The van der Waals surface area contributed by atoms with E-state index in [0.29, 0.717) is 12.2 Å². The molecule has 118 valence electrons. The summed E-state index contributed by atoms with van der Waals surface area (Å²) in [6.45, 7) is 2.24. The molecule has 0 saturated carbocycles. The molecule has 0 aromatic heterocycles. The van der Waals surface area contributed by atoms with E-state index < -0.39 is 0 Å². The van der Waals surface area contributed by atoms with E-state index in [2.05, 4.69) is 52.1 Å². The average molecular weight is 514 g/mol. The molecule has 0 fully saturated rings. The van der Waals surface area contributed by atoms with Gasteiger partial charge in [0.15, 0.2) is 0 Å². The quantitative estimate of drug-likeness (QED) is 0.158. The van der Waals surface area contributed by atoms with Crippen molar-refractivity contribution in [2.75, 3.05) is 0 Å². The van der Waals surface area contributed by atoms with Crippen molar-refractivity contribution < 1.29 is 9.53 Å². The lowest BCUT2D eigenvalue weighted by Crippen LogP contribution is -2.08. The minimum absolute atomic E-state index is 0.110. The average Bonchev–Trinajstić information content (AvgIpc) is 2.47. The smallest absolute Gasteiger partial charge is 0.311 e. The number of unbranched alkanes of at least 4 members (excludes halogenated alkanes) is 7. The molecule has 0 atom stereocenters. The number of carbonyl (C=O) groups is 1. The molecule has 0 N–H and O–H groups in total. The molecule has 0 amide bonds. The van der Waals surface area contributed by atoms with Gasteiger partial charge in [-0.3, -0.25) is 4.79 Å². The maximum absolute atomic E-state index is 11.8. The highest BCUT2D eigenvalue weighted by Crippen LogP contribution is 2.26. The second kappa shape index (κ2) is 11.7. The Hall–Kier alpha value is 0.150. The van der Waals surface area contributed by atoms with Crippen LogP contribution < -0.4 is 4.74 Å². The van der Waals surface area contributed by atoms with Gasteiger partial charge < -0.3 is 4.74 Å². The summed E-state index contributed by atoms with van der Waals surface area (Å²) in [5.41, 5.74) is 0. The van der Waals surface area contributed by atoms with Gasteiger partial charge in [-0.2, -0.15) is 0 Å². The predicted octanol–water partition coefficient (Wildman–Crippen LogP) is 6.33. The van der Waals surface area contributed by atoms with Gasteiger partial charge in [0.25, 0.3) is 0 Å². The molecule has 0 spiro atoms. The first-order valence-electron chi connectivity index (χ1n) is 7.80. The number of ether oxygens (including phenoxy) is 1. The first-order valence-corrected chi connectivity index (χ1v) is 9.95. The van der Waals surface area contributed by atoms with E-state index in [1.54, 1.807) is 0 Å². The second-order valence-corrected chi connectivity index (χ2v) is 7.49. The van der Waals surface area contributed by atoms with Crippen molar-refractivity contribution in [3.8, 4) is 5.75 Å². The molecule has 0 aliphatic rings. The molecule has 0 radical (unpaired) electrons. The van der Waals surface area contributed by atoms with Crippen molar-refractivity contribution in [1.82, 2.24) is 0 Å². The fourth-order valence-corrected chi connectivity index (χ4v) is 3.08. The third kappa shape index (κ3) is 8.38. The number of benzene rings is 1. The van der Waals surface area contributed by atoms with Gasteiger partial charge in [0, 0.05) is 9.99 Å². The van der Waals surface area contributed by atoms with E-state index in [-0.39, 0.29) is 5.97 Å². The Morgan fingerprint density at radius 2 is 1.62 bits per heavy atom. The van der Waals surface area contributed by atoms with Crippen molar-refractivity contribution in [1.29, 1.82) is 0 Å². The zero-order valence-electron chi connectivity index (χ0n) is 12.7. The Bertz CT molecular complexity index is 433. The Morgan fingerprint density at radius 1 is 1.00 bits per heavy atom. The molecular weight excluding hydrogens is 490 g/mol. The monoisotopic (exact) mass is 514 g/mol. The van der Waals surface area contributed by atoms with Crippen molar-refractivity contribution in [2.45, 2.75) is 64.7 Å². The van der Waals surface area contributed by atoms with Crippen LogP contribution in [0, 0.1) is 7.14 Å². The topological polar surface area (TPSA) is 26.3 Å². The minimum Gasteiger partial charge on any atom is -0.425 e. The van der Waals surface area contributed by atoms with E-state index >= 15 is 0 Å². The van der Waals surface area contributed by atoms with Crippen LogP contribution in [0.1, 0.15) is 64.7 Å². The van der Waals surface area contributed by atoms with Gasteiger partial charge in [-0.25, -0.2) is 0 Å². The van der Waals surface area contributed by atoms with Gasteiger partial charge in [-0.1, -0.05) is 57.9 Å². The minimum atomic E-state index is -0.110. The number of hydrogen-bond donors (Lipinski definition) is 0. The van der Waals surface area contributed by atoms with Crippen LogP contribution in [-0.4, -0.2) is 5.97 Å². The Labute approximate surface area is 155 Å². The van der Waals surface area contributed by atoms with Crippen molar-refractivity contribution in [3.05, 3.63) is 25.3 Å². The molecule has 0 aliphatic carbocycles. The van der Waals surface area contributed by atoms with E-state index in [0.717, 1.165) is 20.0 Å². The molecule has 1 aromatic carbocycles. The number of hydrogen-bond acceptors (Lipinski definition) is 2. The lowest BCUT2D eigenvalue weighted by molar-refractivity contribution is -0.134. The Kier molecular flexibility index (Phi) is 10.7. The third-order valence-electron chi connectivity index (χ3n) is 3.37. The van der Waals surface area contributed by atoms with E-state index in [4.69, 9.17) is 4.74 Å². The summed E-state index contributed by atoms with van der Waals surface area (Å²) in [4.78, 5) is 11.8. The molecule has 0 unspecified atom stereocenters. The van der Waals surface area contributed by atoms with Crippen LogP contribution in [0.3, 0.4) is 0 Å². The Balaban J connectivity index is 2.13. The van der Waals surface area contributed by atoms with E-state index in [9.17, 15) is 4.79 Å². The highest BCUT2D eigenvalue weighted by Gasteiger charge is 2.09. The van der Waals surface area contributed by atoms with Gasteiger partial charge in [0.1, 0.15) is 5.75 Å². The standard InChI is InChI=1S/C17H24I2O2/c1-2-3-4-5-6-7-8-9-13-16(20)21-15-12-10-11-14(18)17(15)19/h10-12H,2-9,13H2,1H3. The summed E-state index contributed by atoms with van der Waals surface area (Å²) >= 11 is 4.47. The number of carbonyl (C=O) groups excluding carboxylic acids is 1. The summed E-state index contributed by atoms with van der Waals surface area (Å²) in [5.74, 6) is 0.577. The maximum Gasteiger partial charge on any atom is 0.311 e. The van der Waals surface area contributed by atoms with Crippen molar-refractivity contribution in [3.63, 3.8) is 0 Å². The molecule has 1 aromatic rings. The summed E-state index contributed by atoms with van der Waals surface area (Å²) in [5, 5.41) is 0. The molecule has 21 heavy (non-hydrogen) atoms. The second-order valence-electron chi connectivity index (χ2n) is 5.25. The van der Waals surface area contributed by atoms with Crippen LogP contribution in [0.2, 0.25) is 0 Å². The maximum atomic E-state index is 11.8. The van der Waals surface area contributed by atoms with Crippen molar-refractivity contribution >= 4 is 51.2 Å². The van der Waals surface area contributed by atoms with Crippen LogP contribution in [0.25, 0.3) is 0 Å². The van der Waals surface area contributed by atoms with Gasteiger partial charge in [-0.05, 0) is 63.7 Å². The van der Waals surface area contributed by atoms with Crippen molar-refractivity contribution in [2.24, 2.45) is 0 Å². The first-order chi connectivity index (χ1) is 10.1. The molecule has 1 rings (SSSR count). The molecule has 0 heterocycles. The largest absolute Gasteiger partial charge is 0.425 e. The van der Waals surface area contributed by atoms with Crippen LogP contribution in [0.4, 0.5) is 0 Å². The predicted molar refractivity (Wildman–Crippen MR) is 105 cm³/mol. The molecule has 4 heteroatoms.